The minimum atomic E-state index is -3.10. The number of nitrogens with zero attached hydrogens (tertiary/aromatic N) is 2. The first-order chi connectivity index (χ1) is 18.7. The topological polar surface area (TPSA) is 58.6 Å². The zero-order valence-electron chi connectivity index (χ0n) is 20.3. The van der Waals surface area contributed by atoms with Crippen molar-refractivity contribution in [3.8, 4) is 22.0 Å². The molecule has 0 saturated carbocycles. The number of H-pyrrole nitrogens is 1. The Morgan fingerprint density at radius 3 is 1.82 bits per heavy atom. The van der Waals surface area contributed by atoms with Gasteiger partial charge in [0.1, 0.15) is 10.8 Å². The van der Waals surface area contributed by atoms with Gasteiger partial charge in [-0.15, -0.1) is 11.3 Å². The van der Waals surface area contributed by atoms with Crippen molar-refractivity contribution < 1.29 is 4.57 Å². The third-order valence-corrected chi connectivity index (χ3v) is 10.9. The van der Waals surface area contributed by atoms with Crippen molar-refractivity contribution in [2.24, 2.45) is 0 Å². The maximum atomic E-state index is 15.0. The highest BCUT2D eigenvalue weighted by Gasteiger charge is 2.30. The van der Waals surface area contributed by atoms with Crippen molar-refractivity contribution in [1.82, 2.24) is 15.0 Å². The van der Waals surface area contributed by atoms with Crippen molar-refractivity contribution in [3.63, 3.8) is 0 Å². The molecule has 182 valence electrons. The molecule has 4 nitrogen and oxygen atoms in total. The molecule has 2 heterocycles. The lowest BCUT2D eigenvalue weighted by molar-refractivity contribution is 0.592. The van der Waals surface area contributed by atoms with E-state index < -0.39 is 7.14 Å². The van der Waals surface area contributed by atoms with Crippen LogP contribution in [-0.2, 0) is 4.57 Å². The molecule has 38 heavy (non-hydrogen) atoms. The maximum absolute atomic E-state index is 15.0. The Bertz CT molecular complexity index is 1750. The molecule has 1 unspecified atom stereocenters. The molecule has 6 heteroatoms. The zero-order valence-corrected chi connectivity index (χ0v) is 22.0. The summed E-state index contributed by atoms with van der Waals surface area (Å²) in [6, 6.07) is 41.9. The average Bonchev–Trinajstić information content (AvgIpc) is 3.62. The van der Waals surface area contributed by atoms with Crippen molar-refractivity contribution in [3.05, 3.63) is 127 Å². The van der Waals surface area contributed by atoms with Crippen LogP contribution in [-0.4, -0.2) is 15.0 Å². The number of fused-ring (bicyclic) bond motifs is 2. The average molecular weight is 528 g/mol. The van der Waals surface area contributed by atoms with Gasteiger partial charge in [0, 0.05) is 27.0 Å². The Hall–Kier alpha value is -4.31. The number of aromatic amines is 1. The fourth-order valence-corrected chi connectivity index (χ4v) is 8.41. The third-order valence-electron chi connectivity index (χ3n) is 6.79. The summed E-state index contributed by atoms with van der Waals surface area (Å²) in [6.07, 6.45) is 0. The Balaban J connectivity index is 1.29. The molecule has 0 amide bonds. The number of imidazole rings is 1. The van der Waals surface area contributed by atoms with E-state index in [0.717, 1.165) is 59.1 Å². The minimum Gasteiger partial charge on any atom is -0.338 e. The maximum Gasteiger partial charge on any atom is 0.171 e. The molecular weight excluding hydrogens is 505 g/mol. The van der Waals surface area contributed by atoms with E-state index in [4.69, 9.17) is 9.97 Å². The summed E-state index contributed by atoms with van der Waals surface area (Å²) in [5.41, 5.74) is 4.89. The van der Waals surface area contributed by atoms with E-state index in [1.807, 2.05) is 121 Å². The van der Waals surface area contributed by atoms with Gasteiger partial charge < -0.3 is 9.55 Å². The van der Waals surface area contributed by atoms with Crippen LogP contribution in [0.15, 0.2) is 127 Å². The van der Waals surface area contributed by atoms with E-state index in [-0.39, 0.29) is 0 Å². The normalized spacial score (nSPS) is 13.1. The number of aromatic nitrogens is 3. The van der Waals surface area contributed by atoms with Crippen LogP contribution in [0.3, 0.4) is 0 Å². The molecule has 0 spiro atoms. The number of rotatable bonds is 5. The van der Waals surface area contributed by atoms with Crippen LogP contribution in [0, 0.1) is 0 Å². The predicted molar refractivity (Wildman–Crippen MR) is 160 cm³/mol. The Labute approximate surface area is 224 Å². The first-order valence-corrected chi connectivity index (χ1v) is 14.9. The van der Waals surface area contributed by atoms with Gasteiger partial charge in [-0.05, 0) is 24.3 Å². The number of thiazole rings is 1. The number of hydrogen-bond donors (Lipinski definition) is 1. The second kappa shape index (κ2) is 9.21. The number of nitrogens with one attached hydrogen (secondary N) is 1. The van der Waals surface area contributed by atoms with Gasteiger partial charge in [0.25, 0.3) is 0 Å². The fraction of sp³-hybridized carbons (Fsp3) is 0. The van der Waals surface area contributed by atoms with Crippen LogP contribution in [0.4, 0.5) is 0 Å². The van der Waals surface area contributed by atoms with Crippen LogP contribution in [0.1, 0.15) is 0 Å². The Morgan fingerprint density at radius 2 is 1.13 bits per heavy atom. The monoisotopic (exact) mass is 527 g/mol. The highest BCUT2D eigenvalue weighted by Crippen LogP contribution is 2.43. The number of benzene rings is 5. The van der Waals surface area contributed by atoms with E-state index >= 15 is 0 Å². The zero-order chi connectivity index (χ0) is 25.5. The van der Waals surface area contributed by atoms with Gasteiger partial charge in [0.05, 0.1) is 21.3 Å². The Morgan fingerprint density at radius 1 is 0.553 bits per heavy atom. The molecule has 7 aromatic rings. The SMILES string of the molecule is O=P(c1ccccc1)(c1ccc(-c2nc3ccccc3[nH]2)cc1)c1ccc(-c2nc3ccccc3s2)cc1. The van der Waals surface area contributed by atoms with Gasteiger partial charge in [0.15, 0.2) is 7.14 Å². The largest absolute Gasteiger partial charge is 0.338 e. The van der Waals surface area contributed by atoms with Crippen molar-refractivity contribution in [1.29, 1.82) is 0 Å². The molecule has 0 saturated heterocycles. The summed E-state index contributed by atoms with van der Waals surface area (Å²) in [5, 5.41) is 3.35. The highest BCUT2D eigenvalue weighted by molar-refractivity contribution is 7.85. The molecule has 0 bridgehead atoms. The fourth-order valence-electron chi connectivity index (χ4n) is 4.81. The lowest BCUT2D eigenvalue weighted by Crippen LogP contribution is -2.25. The first-order valence-electron chi connectivity index (χ1n) is 12.4. The first kappa shape index (κ1) is 22.9. The van der Waals surface area contributed by atoms with Gasteiger partial charge in [0.2, 0.25) is 0 Å². The quantitative estimate of drug-likeness (QED) is 0.242. The van der Waals surface area contributed by atoms with E-state index in [2.05, 4.69) is 11.1 Å². The van der Waals surface area contributed by atoms with Crippen LogP contribution in [0.25, 0.3) is 43.2 Å². The van der Waals surface area contributed by atoms with Crippen molar-refractivity contribution in [2.75, 3.05) is 0 Å². The minimum absolute atomic E-state index is 0.788. The van der Waals surface area contributed by atoms with Crippen LogP contribution in [0.2, 0.25) is 0 Å². The molecular formula is C32H22N3OPS. The highest BCUT2D eigenvalue weighted by atomic mass is 32.1. The molecule has 5 aromatic carbocycles. The second-order valence-electron chi connectivity index (χ2n) is 9.13. The summed E-state index contributed by atoms with van der Waals surface area (Å²) in [5.74, 6) is 0.799. The van der Waals surface area contributed by atoms with Gasteiger partial charge in [-0.3, -0.25) is 0 Å². The van der Waals surface area contributed by atoms with Gasteiger partial charge in [-0.2, -0.15) is 0 Å². The summed E-state index contributed by atoms with van der Waals surface area (Å²) in [6.45, 7) is 0. The molecule has 0 aliphatic heterocycles. The van der Waals surface area contributed by atoms with E-state index in [9.17, 15) is 4.57 Å². The van der Waals surface area contributed by atoms with E-state index in [1.165, 1.54) is 0 Å². The standard InChI is InChI=1S/C32H22N3OPS/c36-37(24-8-2-1-3-9-24,25-18-14-22(15-19-25)31-33-27-10-4-5-11-28(27)34-31)26-20-16-23(17-21-26)32-35-29-12-6-7-13-30(29)38-32/h1-21H,(H,33,34). The Kier molecular flexibility index (Phi) is 5.54. The summed E-state index contributed by atoms with van der Waals surface area (Å²) < 4.78 is 16.1. The van der Waals surface area contributed by atoms with Crippen LogP contribution >= 0.6 is 18.5 Å². The number of hydrogen-bond acceptors (Lipinski definition) is 4. The molecule has 1 atom stereocenters. The van der Waals surface area contributed by atoms with Gasteiger partial charge in [-0.1, -0.05) is 103 Å². The predicted octanol–water partition coefficient (Wildman–Crippen LogP) is 7.15. The van der Waals surface area contributed by atoms with Crippen LogP contribution in [0.5, 0.6) is 0 Å². The van der Waals surface area contributed by atoms with E-state index in [0.29, 0.717) is 0 Å². The summed E-state index contributed by atoms with van der Waals surface area (Å²) in [7, 11) is -3.10. The smallest absolute Gasteiger partial charge is 0.171 e. The van der Waals surface area contributed by atoms with Crippen molar-refractivity contribution in [2.45, 2.75) is 0 Å². The lowest BCUT2D eigenvalue weighted by Gasteiger charge is -2.20. The molecule has 0 aliphatic carbocycles. The second-order valence-corrected chi connectivity index (χ2v) is 12.9. The summed E-state index contributed by atoms with van der Waals surface area (Å²) >= 11 is 1.67. The molecule has 0 aliphatic rings. The van der Waals surface area contributed by atoms with Gasteiger partial charge in [-0.25, -0.2) is 9.97 Å². The van der Waals surface area contributed by atoms with Gasteiger partial charge >= 0.3 is 0 Å². The van der Waals surface area contributed by atoms with E-state index in [1.54, 1.807) is 11.3 Å². The summed E-state index contributed by atoms with van der Waals surface area (Å²) in [4.78, 5) is 12.9. The lowest BCUT2D eigenvalue weighted by atomic mass is 10.2. The van der Waals surface area contributed by atoms with Crippen LogP contribution < -0.4 is 15.9 Å². The molecule has 0 fully saturated rings. The molecule has 1 N–H and O–H groups in total. The number of para-hydroxylation sites is 3. The van der Waals surface area contributed by atoms with Crippen molar-refractivity contribution >= 4 is 55.6 Å². The molecule has 0 radical (unpaired) electrons. The molecule has 2 aromatic heterocycles. The molecule has 7 rings (SSSR count). The third kappa shape index (κ3) is 3.88.